The molecular weight excluding hydrogens is 707 g/mol. The number of hydrogen-bond acceptors (Lipinski definition) is 7. The van der Waals surface area contributed by atoms with Crippen LogP contribution in [0.15, 0.2) is 72.8 Å². The van der Waals surface area contributed by atoms with Crippen LogP contribution in [0.5, 0.6) is 17.2 Å². The smallest absolute Gasteiger partial charge is 0.357 e. The molecule has 4 aromatic rings. The Kier molecular flexibility index (Phi) is 12.2. The first-order chi connectivity index (χ1) is 22.7. The highest BCUT2D eigenvalue weighted by molar-refractivity contribution is 5.71. The summed E-state index contributed by atoms with van der Waals surface area (Å²) < 4.78 is 31.1. The number of esters is 1. The molecule has 0 aliphatic carbocycles. The summed E-state index contributed by atoms with van der Waals surface area (Å²) in [6.07, 6.45) is 0.761. The van der Waals surface area contributed by atoms with Gasteiger partial charge in [-0.1, -0.05) is 54.4 Å². The van der Waals surface area contributed by atoms with E-state index in [1.165, 1.54) is 23.8 Å². The molecule has 0 radical (unpaired) electrons. The van der Waals surface area contributed by atoms with E-state index in [1.807, 2.05) is 31.2 Å². The van der Waals surface area contributed by atoms with Crippen molar-refractivity contribution in [3.63, 3.8) is 0 Å². The molecular formula is C39H44IO7+. The second-order valence-electron chi connectivity index (χ2n) is 12.0. The topological polar surface area (TPSA) is 86.8 Å². The van der Waals surface area contributed by atoms with Crippen molar-refractivity contribution in [2.75, 3.05) is 33.0 Å². The summed E-state index contributed by atoms with van der Waals surface area (Å²) >= 11 is -0.275. The molecule has 5 rings (SSSR count). The summed E-state index contributed by atoms with van der Waals surface area (Å²) in [5.41, 5.74) is 7.86. The maximum atomic E-state index is 12.4. The Morgan fingerprint density at radius 1 is 0.830 bits per heavy atom. The number of carbonyl (C=O) groups excluding carboxylic acids is 1. The lowest BCUT2D eigenvalue weighted by Gasteiger charge is -2.19. The molecule has 0 aromatic heterocycles. The summed E-state index contributed by atoms with van der Waals surface area (Å²) in [6, 6.07) is 25.0. The van der Waals surface area contributed by atoms with Crippen LogP contribution in [0, 0.1) is 34.8 Å². The number of rotatable bonds is 16. The van der Waals surface area contributed by atoms with Crippen LogP contribution in [0.3, 0.4) is 0 Å². The van der Waals surface area contributed by atoms with Gasteiger partial charge >= 0.3 is 27.2 Å². The van der Waals surface area contributed by atoms with Crippen LogP contribution in [0.4, 0.5) is 0 Å². The van der Waals surface area contributed by atoms with Gasteiger partial charge in [0.1, 0.15) is 49.3 Å². The van der Waals surface area contributed by atoms with E-state index in [1.54, 1.807) is 0 Å². The summed E-state index contributed by atoms with van der Waals surface area (Å²) in [4.78, 5) is 12.4. The first-order valence-corrected chi connectivity index (χ1v) is 18.2. The third kappa shape index (κ3) is 10.4. The molecule has 1 aliphatic heterocycles. The average Bonchev–Trinajstić information content (AvgIpc) is 3.88. The van der Waals surface area contributed by atoms with Crippen molar-refractivity contribution in [2.45, 2.75) is 59.7 Å². The molecule has 4 aromatic carbocycles. The Balaban J connectivity index is 1.10. The zero-order chi connectivity index (χ0) is 33.3. The maximum Gasteiger partial charge on any atom is 0.357 e. The number of ether oxygens (including phenoxy) is 5. The van der Waals surface area contributed by atoms with Crippen molar-refractivity contribution >= 4 is 5.97 Å². The van der Waals surface area contributed by atoms with Crippen molar-refractivity contribution in [3.8, 4) is 17.2 Å². The van der Waals surface area contributed by atoms with Gasteiger partial charge in [-0.15, -0.1) is 0 Å². The van der Waals surface area contributed by atoms with E-state index in [0.717, 1.165) is 46.8 Å². The average molecular weight is 752 g/mol. The van der Waals surface area contributed by atoms with Gasteiger partial charge in [-0.05, 0) is 98.3 Å². The number of epoxide rings is 1. The molecule has 2 unspecified atom stereocenters. The molecule has 1 heterocycles. The van der Waals surface area contributed by atoms with Crippen LogP contribution in [-0.4, -0.2) is 56.3 Å². The van der Waals surface area contributed by atoms with Crippen molar-refractivity contribution in [3.05, 3.63) is 119 Å². The van der Waals surface area contributed by atoms with Gasteiger partial charge in [0.25, 0.3) is 0 Å². The largest absolute Gasteiger partial charge is 0.490 e. The van der Waals surface area contributed by atoms with Gasteiger partial charge in [-0.3, -0.25) is 0 Å². The van der Waals surface area contributed by atoms with Crippen LogP contribution in [0.2, 0.25) is 0 Å². The lowest BCUT2D eigenvalue weighted by molar-refractivity contribution is -0.597. The Hall–Kier alpha value is -3.60. The molecule has 8 heteroatoms. The molecule has 2 atom stereocenters. The fourth-order valence-corrected chi connectivity index (χ4v) is 7.51. The fraction of sp³-hybridized carbons (Fsp3) is 0.359. The minimum absolute atomic E-state index is 0.00812. The van der Waals surface area contributed by atoms with Crippen molar-refractivity contribution in [1.82, 2.24) is 0 Å². The van der Waals surface area contributed by atoms with E-state index in [0.29, 0.717) is 18.8 Å². The number of halogens is 1. The standard InChI is InChI=1S/C39H44IO7/c1-6-30-18-29(17-28(5)38(30)47-23-36-22-43-36)19-31-16-26(3)15-27(4)39(31)46-21-34(41)20-45-37(42)24-44-35-13-11-33(12-14-35)40-32-9-7-25(2)8-10-32/h7-18,34,36,41H,6,19-24H2,1-5H3/q+1. The van der Waals surface area contributed by atoms with E-state index >= 15 is 0 Å². The lowest BCUT2D eigenvalue weighted by Crippen LogP contribution is -3.61. The van der Waals surface area contributed by atoms with Gasteiger partial charge in [0.2, 0.25) is 0 Å². The molecule has 0 bridgehead atoms. The monoisotopic (exact) mass is 751 g/mol. The first-order valence-electron chi connectivity index (χ1n) is 16.0. The molecule has 7 nitrogen and oxygen atoms in total. The first kappa shape index (κ1) is 34.7. The molecule has 0 amide bonds. The minimum atomic E-state index is -0.988. The van der Waals surface area contributed by atoms with Gasteiger partial charge < -0.3 is 28.8 Å². The van der Waals surface area contributed by atoms with Gasteiger partial charge in [0.05, 0.1) is 6.61 Å². The fourth-order valence-electron chi connectivity index (χ4n) is 5.36. The Bertz CT molecular complexity index is 1650. The highest BCUT2D eigenvalue weighted by Gasteiger charge is 2.24. The van der Waals surface area contributed by atoms with E-state index in [2.05, 4.69) is 76.2 Å². The zero-order valence-corrected chi connectivity index (χ0v) is 30.0. The number of aliphatic hydroxyl groups is 1. The second-order valence-corrected chi connectivity index (χ2v) is 15.1. The Morgan fingerprint density at radius 3 is 2.17 bits per heavy atom. The van der Waals surface area contributed by atoms with E-state index in [9.17, 15) is 9.90 Å². The molecule has 248 valence electrons. The molecule has 47 heavy (non-hydrogen) atoms. The van der Waals surface area contributed by atoms with Crippen LogP contribution in [0.25, 0.3) is 0 Å². The minimum Gasteiger partial charge on any atom is -0.490 e. The van der Waals surface area contributed by atoms with Crippen LogP contribution < -0.4 is 35.4 Å². The van der Waals surface area contributed by atoms with Crippen molar-refractivity contribution in [2.24, 2.45) is 0 Å². The molecule has 1 N–H and O–H groups in total. The molecule has 0 saturated carbocycles. The highest BCUT2D eigenvalue weighted by atomic mass is 127. The van der Waals surface area contributed by atoms with Gasteiger partial charge in [-0.25, -0.2) is 4.79 Å². The third-order valence-electron chi connectivity index (χ3n) is 7.75. The number of aliphatic hydroxyl groups excluding tert-OH is 1. The van der Waals surface area contributed by atoms with Crippen molar-refractivity contribution in [1.29, 1.82) is 0 Å². The lowest BCUT2D eigenvalue weighted by atomic mass is 9.95. The number of aryl methyl sites for hydroxylation is 5. The summed E-state index contributed by atoms with van der Waals surface area (Å²) in [5.74, 6) is 1.73. The number of benzene rings is 4. The van der Waals surface area contributed by atoms with Crippen LogP contribution >= 0.6 is 0 Å². The predicted octanol–water partition coefficient (Wildman–Crippen LogP) is 3.34. The quantitative estimate of drug-likeness (QED) is 0.107. The second kappa shape index (κ2) is 16.5. The predicted molar refractivity (Wildman–Crippen MR) is 177 cm³/mol. The number of hydrogen-bond donors (Lipinski definition) is 1. The summed E-state index contributed by atoms with van der Waals surface area (Å²) in [7, 11) is 0. The molecule has 0 spiro atoms. The SMILES string of the molecule is CCc1cc(Cc2cc(C)cc(C)c2OCC(O)COC(=O)COc2ccc([I+]c3ccc(C)cc3)cc2)cc(C)c1OCC1CO1. The maximum absolute atomic E-state index is 12.4. The van der Waals surface area contributed by atoms with E-state index in [4.69, 9.17) is 23.7 Å². The summed E-state index contributed by atoms with van der Waals surface area (Å²) in [6.45, 7) is 11.3. The number of carbonyl (C=O) groups is 1. The van der Waals surface area contributed by atoms with Gasteiger partial charge in [0, 0.05) is 6.42 Å². The van der Waals surface area contributed by atoms with Gasteiger partial charge in [0.15, 0.2) is 13.7 Å². The Morgan fingerprint density at radius 2 is 1.49 bits per heavy atom. The van der Waals surface area contributed by atoms with Crippen molar-refractivity contribution < 1.29 is 54.8 Å². The van der Waals surface area contributed by atoms with E-state index in [-0.39, 0.29) is 47.1 Å². The van der Waals surface area contributed by atoms with Crippen LogP contribution in [0.1, 0.15) is 45.9 Å². The molecule has 1 saturated heterocycles. The van der Waals surface area contributed by atoms with Crippen LogP contribution in [-0.2, 0) is 27.1 Å². The third-order valence-corrected chi connectivity index (χ3v) is 10.4. The normalized spacial score (nSPS) is 14.4. The Labute approximate surface area is 288 Å². The molecule has 1 fully saturated rings. The zero-order valence-electron chi connectivity index (χ0n) is 27.8. The van der Waals surface area contributed by atoms with Gasteiger partial charge in [-0.2, -0.15) is 0 Å². The highest BCUT2D eigenvalue weighted by Crippen LogP contribution is 2.32. The molecule has 1 aliphatic rings. The van der Waals surface area contributed by atoms with E-state index < -0.39 is 12.1 Å². The summed E-state index contributed by atoms with van der Waals surface area (Å²) in [5, 5.41) is 10.6.